The van der Waals surface area contributed by atoms with Gasteiger partial charge in [-0.3, -0.25) is 4.90 Å². The first-order valence-electron chi connectivity index (χ1n) is 10.5. The summed E-state index contributed by atoms with van der Waals surface area (Å²) in [7, 11) is 1.55. The Morgan fingerprint density at radius 2 is 1.50 bits per heavy atom. The summed E-state index contributed by atoms with van der Waals surface area (Å²) in [5.74, 6) is 0.589. The van der Waals surface area contributed by atoms with Crippen molar-refractivity contribution in [2.24, 2.45) is 0 Å². The van der Waals surface area contributed by atoms with Crippen molar-refractivity contribution in [1.82, 2.24) is 5.32 Å². The van der Waals surface area contributed by atoms with Gasteiger partial charge in [-0.05, 0) is 49.2 Å². The summed E-state index contributed by atoms with van der Waals surface area (Å²) in [4.78, 5) is 26.9. The van der Waals surface area contributed by atoms with E-state index < -0.39 is 0 Å². The van der Waals surface area contributed by atoms with Gasteiger partial charge in [-0.15, -0.1) is 0 Å². The van der Waals surface area contributed by atoms with Crippen molar-refractivity contribution in [2.75, 3.05) is 35.7 Å². The number of nitrogens with one attached hydrogen (secondary N) is 3. The van der Waals surface area contributed by atoms with Crippen LogP contribution in [0.4, 0.5) is 26.7 Å². The molecule has 0 aliphatic heterocycles. The van der Waals surface area contributed by atoms with Crippen molar-refractivity contribution in [3.63, 3.8) is 0 Å². The summed E-state index contributed by atoms with van der Waals surface area (Å²) in [5.41, 5.74) is 3.14. The minimum Gasteiger partial charge on any atom is -0.495 e. The van der Waals surface area contributed by atoms with Crippen molar-refractivity contribution in [3.8, 4) is 5.75 Å². The van der Waals surface area contributed by atoms with Gasteiger partial charge in [0.2, 0.25) is 0 Å². The van der Waals surface area contributed by atoms with Crippen LogP contribution in [-0.2, 0) is 0 Å². The van der Waals surface area contributed by atoms with Crippen molar-refractivity contribution >= 4 is 29.1 Å². The molecule has 3 N–H and O–H groups in total. The van der Waals surface area contributed by atoms with E-state index in [9.17, 15) is 9.59 Å². The van der Waals surface area contributed by atoms with Crippen LogP contribution in [0.1, 0.15) is 12.0 Å². The number of urea groups is 2. The zero-order valence-electron chi connectivity index (χ0n) is 18.3. The second-order valence-electron chi connectivity index (χ2n) is 7.17. The van der Waals surface area contributed by atoms with Crippen molar-refractivity contribution in [1.29, 1.82) is 0 Å². The van der Waals surface area contributed by atoms with Gasteiger partial charge in [0.15, 0.2) is 0 Å². The molecule has 0 unspecified atom stereocenters. The van der Waals surface area contributed by atoms with E-state index in [0.717, 1.165) is 16.9 Å². The van der Waals surface area contributed by atoms with Crippen LogP contribution >= 0.6 is 0 Å². The number of hydrogen-bond donors (Lipinski definition) is 3. The number of nitrogens with zero attached hydrogens (tertiary/aromatic N) is 1. The van der Waals surface area contributed by atoms with E-state index in [4.69, 9.17) is 4.74 Å². The Balaban J connectivity index is 1.57. The molecule has 32 heavy (non-hydrogen) atoms. The number of ether oxygens (including phenoxy) is 1. The third kappa shape index (κ3) is 6.25. The van der Waals surface area contributed by atoms with Gasteiger partial charge >= 0.3 is 12.1 Å². The molecule has 7 nitrogen and oxygen atoms in total. The lowest BCUT2D eigenvalue weighted by molar-refractivity contribution is 0.252. The van der Waals surface area contributed by atoms with E-state index in [-0.39, 0.29) is 12.1 Å². The Labute approximate surface area is 188 Å². The summed E-state index contributed by atoms with van der Waals surface area (Å²) in [6, 6.07) is 23.8. The Bertz CT molecular complexity index is 1040. The van der Waals surface area contributed by atoms with Crippen LogP contribution in [0.2, 0.25) is 0 Å². The summed E-state index contributed by atoms with van der Waals surface area (Å²) in [6.07, 6.45) is 0.579. The molecule has 0 saturated carbocycles. The van der Waals surface area contributed by atoms with Gasteiger partial charge in [-0.25, -0.2) is 9.59 Å². The van der Waals surface area contributed by atoms with E-state index in [2.05, 4.69) is 16.0 Å². The number of methoxy groups -OCH3 is 1. The second-order valence-corrected chi connectivity index (χ2v) is 7.17. The Hall–Kier alpha value is -4.00. The molecule has 3 rings (SSSR count). The maximum Gasteiger partial charge on any atom is 0.326 e. The molecule has 0 atom stereocenters. The first kappa shape index (κ1) is 22.7. The molecular formula is C25H28N4O3. The fourth-order valence-corrected chi connectivity index (χ4v) is 3.21. The highest BCUT2D eigenvalue weighted by Gasteiger charge is 2.16. The molecule has 3 aromatic rings. The number of amides is 4. The lowest BCUT2D eigenvalue weighted by atomic mass is 10.2. The highest BCUT2D eigenvalue weighted by molar-refractivity contribution is 6.02. The van der Waals surface area contributed by atoms with Crippen molar-refractivity contribution in [3.05, 3.63) is 84.4 Å². The van der Waals surface area contributed by atoms with Crippen LogP contribution in [0, 0.1) is 6.92 Å². The third-order valence-electron chi connectivity index (χ3n) is 4.90. The summed E-state index contributed by atoms with van der Waals surface area (Å²) < 4.78 is 5.24. The Morgan fingerprint density at radius 1 is 0.844 bits per heavy atom. The highest BCUT2D eigenvalue weighted by Crippen LogP contribution is 2.22. The summed E-state index contributed by atoms with van der Waals surface area (Å²) in [5, 5.41) is 8.58. The fraction of sp³-hybridized carbons (Fsp3) is 0.200. The lowest BCUT2D eigenvalue weighted by Crippen LogP contribution is -2.38. The molecule has 4 amide bonds. The van der Waals surface area contributed by atoms with Gasteiger partial charge in [-0.2, -0.15) is 0 Å². The van der Waals surface area contributed by atoms with Gasteiger partial charge in [0, 0.05) is 24.5 Å². The highest BCUT2D eigenvalue weighted by atomic mass is 16.5. The van der Waals surface area contributed by atoms with Crippen molar-refractivity contribution in [2.45, 2.75) is 13.3 Å². The largest absolute Gasteiger partial charge is 0.495 e. The van der Waals surface area contributed by atoms with Crippen LogP contribution in [-0.4, -0.2) is 32.3 Å². The SMILES string of the molecule is COc1ccccc1NC(=O)NCCCN(C(=O)Nc1ccccc1C)c1ccccc1. The standard InChI is InChI=1S/C25H28N4O3/c1-19-11-6-7-14-21(19)28-25(31)29(20-12-4-3-5-13-20)18-10-17-26-24(30)27-22-15-8-9-16-23(22)32-2/h3-9,11-16H,10,17-18H2,1-2H3,(H,28,31)(H2,26,27,30). The van der Waals surface area contributed by atoms with Crippen LogP contribution in [0.25, 0.3) is 0 Å². The minimum atomic E-state index is -0.329. The molecule has 0 aromatic heterocycles. The first-order chi connectivity index (χ1) is 15.6. The topological polar surface area (TPSA) is 82.7 Å². The van der Waals surface area contributed by atoms with Gasteiger partial charge < -0.3 is 20.7 Å². The normalized spacial score (nSPS) is 10.2. The van der Waals surface area contributed by atoms with Gasteiger partial charge in [0.05, 0.1) is 12.8 Å². The maximum atomic E-state index is 13.0. The third-order valence-corrected chi connectivity index (χ3v) is 4.90. The van der Waals surface area contributed by atoms with Crippen LogP contribution in [0.15, 0.2) is 78.9 Å². The smallest absolute Gasteiger partial charge is 0.326 e. The fourth-order valence-electron chi connectivity index (χ4n) is 3.21. The molecule has 0 aliphatic rings. The minimum absolute atomic E-state index is 0.219. The number of aryl methyl sites for hydroxylation is 1. The zero-order chi connectivity index (χ0) is 22.8. The Morgan fingerprint density at radius 3 is 2.22 bits per heavy atom. The maximum absolute atomic E-state index is 13.0. The number of anilines is 3. The molecule has 3 aromatic carbocycles. The first-order valence-corrected chi connectivity index (χ1v) is 10.5. The zero-order valence-corrected chi connectivity index (χ0v) is 18.3. The van der Waals surface area contributed by atoms with Crippen LogP contribution < -0.4 is 25.6 Å². The summed E-state index contributed by atoms with van der Waals surface area (Å²) >= 11 is 0. The van der Waals surface area contributed by atoms with E-state index in [1.54, 1.807) is 24.1 Å². The molecule has 0 bridgehead atoms. The Kier molecular flexibility index (Phi) is 8.09. The van der Waals surface area contributed by atoms with E-state index >= 15 is 0 Å². The molecule has 0 aliphatic carbocycles. The molecule has 7 heteroatoms. The number of benzene rings is 3. The number of rotatable bonds is 8. The van der Waals surface area contributed by atoms with E-state index in [1.165, 1.54) is 0 Å². The summed E-state index contributed by atoms with van der Waals surface area (Å²) in [6.45, 7) is 2.80. The molecule has 0 fully saturated rings. The molecule has 0 heterocycles. The molecular weight excluding hydrogens is 404 g/mol. The quantitative estimate of drug-likeness (QED) is 0.425. The van der Waals surface area contributed by atoms with Gasteiger partial charge in [-0.1, -0.05) is 48.5 Å². The number of para-hydroxylation sites is 4. The predicted molar refractivity (Wildman–Crippen MR) is 129 cm³/mol. The second kappa shape index (κ2) is 11.4. The number of carbonyl (C=O) groups is 2. The van der Waals surface area contributed by atoms with E-state index in [0.29, 0.717) is 30.9 Å². The lowest BCUT2D eigenvalue weighted by Gasteiger charge is -2.24. The van der Waals surface area contributed by atoms with Crippen LogP contribution in [0.5, 0.6) is 5.75 Å². The number of hydrogen-bond acceptors (Lipinski definition) is 3. The molecule has 0 radical (unpaired) electrons. The molecule has 166 valence electrons. The van der Waals surface area contributed by atoms with Gasteiger partial charge in [0.1, 0.15) is 5.75 Å². The van der Waals surface area contributed by atoms with Gasteiger partial charge in [0.25, 0.3) is 0 Å². The van der Waals surface area contributed by atoms with Crippen molar-refractivity contribution < 1.29 is 14.3 Å². The monoisotopic (exact) mass is 432 g/mol. The molecule has 0 spiro atoms. The van der Waals surface area contributed by atoms with E-state index in [1.807, 2.05) is 73.7 Å². The van der Waals surface area contributed by atoms with Crippen LogP contribution in [0.3, 0.4) is 0 Å². The predicted octanol–water partition coefficient (Wildman–Crippen LogP) is 5.25. The average molecular weight is 433 g/mol. The average Bonchev–Trinajstić information content (AvgIpc) is 2.81. The number of carbonyl (C=O) groups excluding carboxylic acids is 2. The molecule has 0 saturated heterocycles.